The monoisotopic (exact) mass is 1890 g/mol. The Kier molecular flexibility index (Phi) is 47.3. The fourth-order valence-corrected chi connectivity index (χ4v) is 21.0. The number of fused-ring (bicyclic) bond motifs is 36. The molecule has 4 aliphatic carbocycles. The molecule has 18 aromatic carbocycles. The molecule has 142 heavy (non-hydrogen) atoms. The van der Waals surface area contributed by atoms with Gasteiger partial charge < -0.3 is 18.3 Å². The van der Waals surface area contributed by atoms with E-state index in [1.807, 2.05) is 166 Å². The van der Waals surface area contributed by atoms with Crippen LogP contribution in [0.15, 0.2) is 315 Å². The van der Waals surface area contributed by atoms with Crippen LogP contribution in [0.3, 0.4) is 0 Å². The lowest BCUT2D eigenvalue weighted by Gasteiger charge is -2.09. The van der Waals surface area contributed by atoms with Gasteiger partial charge in [0.15, 0.2) is 0 Å². The van der Waals surface area contributed by atoms with Crippen molar-refractivity contribution in [2.24, 2.45) is 0 Å². The topological polar surface area (TPSA) is 19.7 Å². The summed E-state index contributed by atoms with van der Waals surface area (Å²) in [6.07, 6.45) is 4.13. The Morgan fingerprint density at radius 3 is 0.859 bits per heavy atom. The van der Waals surface area contributed by atoms with Gasteiger partial charge in [-0.2, -0.15) is 0 Å². The van der Waals surface area contributed by atoms with Crippen LogP contribution in [-0.4, -0.2) is 18.3 Å². The average molecular weight is 1890 g/mol. The van der Waals surface area contributed by atoms with Gasteiger partial charge in [-0.05, 0) is 268 Å². The van der Waals surface area contributed by atoms with Crippen molar-refractivity contribution >= 4 is 152 Å². The molecule has 0 saturated heterocycles. The van der Waals surface area contributed by atoms with Crippen LogP contribution in [0.1, 0.15) is 283 Å². The van der Waals surface area contributed by atoms with Gasteiger partial charge in [-0.15, -0.1) is 0 Å². The molecule has 0 fully saturated rings. The number of nitrogens with zero attached hydrogens (tertiary/aromatic N) is 4. The lowest BCUT2D eigenvalue weighted by Crippen LogP contribution is -1.94. The van der Waals surface area contributed by atoms with Gasteiger partial charge in [-0.25, -0.2) is 0 Å². The van der Waals surface area contributed by atoms with Gasteiger partial charge in [0.1, 0.15) is 0 Å². The maximum absolute atomic E-state index is 2.51. The fraction of sp³-hybridized carbons (Fsp3) is 0.304. The molecule has 0 N–H and O–H groups in total. The van der Waals surface area contributed by atoms with Gasteiger partial charge in [0, 0.05) is 113 Å². The fourth-order valence-electron chi connectivity index (χ4n) is 21.0. The molecule has 0 atom stereocenters. The summed E-state index contributed by atoms with van der Waals surface area (Å²) in [5, 5.41) is 27.2. The Balaban J connectivity index is 0.000000307. The maximum atomic E-state index is 2.51. The predicted octanol–water partition coefficient (Wildman–Crippen LogP) is 44.6. The lowest BCUT2D eigenvalue weighted by molar-refractivity contribution is 0.827. The third kappa shape index (κ3) is 21.6. The van der Waals surface area contributed by atoms with Crippen molar-refractivity contribution in [1.29, 1.82) is 0 Å². The van der Waals surface area contributed by atoms with Crippen molar-refractivity contribution in [2.75, 3.05) is 0 Å². The molecule has 0 radical (unpaired) electrons. The van der Waals surface area contributed by atoms with Gasteiger partial charge >= 0.3 is 0 Å². The zero-order valence-electron chi connectivity index (χ0n) is 87.5. The van der Waals surface area contributed by atoms with E-state index >= 15 is 0 Å². The highest BCUT2D eigenvalue weighted by atomic mass is 15.0. The molecule has 0 aliphatic heterocycles. The van der Waals surface area contributed by atoms with E-state index in [0.29, 0.717) is 0 Å². The summed E-state index contributed by atoms with van der Waals surface area (Å²) < 4.78 is 9.94. The highest BCUT2D eigenvalue weighted by molar-refractivity contribution is 6.25. The Bertz CT molecular complexity index is 7600. The largest absolute Gasteiger partial charge is 0.341 e. The van der Waals surface area contributed by atoms with Crippen LogP contribution in [-0.2, 0) is 51.9 Å². The highest BCUT2D eigenvalue weighted by Crippen LogP contribution is 2.52. The number of aryl methyl sites for hydroxylation is 4. The number of benzene rings is 18. The van der Waals surface area contributed by atoms with Gasteiger partial charge in [-0.3, -0.25) is 0 Å². The van der Waals surface area contributed by atoms with Crippen molar-refractivity contribution in [3.05, 3.63) is 360 Å². The molecular weight excluding hydrogens is 1710 g/mol. The van der Waals surface area contributed by atoms with Crippen LogP contribution in [0.5, 0.6) is 0 Å². The summed E-state index contributed by atoms with van der Waals surface area (Å²) >= 11 is 0. The van der Waals surface area contributed by atoms with Gasteiger partial charge in [0.25, 0.3) is 0 Å². The summed E-state index contributed by atoms with van der Waals surface area (Å²) in [7, 11) is 0. The van der Waals surface area contributed by atoms with Crippen LogP contribution < -0.4 is 0 Å². The SMILES string of the molecule is C.C.C.C.C.C.CC.CC.CC.CC.CC.CC.CC.CC.CC.CC.CC.CC.CCn1c2cc3ccccc3cc2c2c3c(ccc21)-c1ccccc1C3.CCn1c2cc3ccccc3cc2c2c3c(ccc21)-c1ccccc1C3.CCn1c2cc3ccccc3cc2c2c3c(ccc21)Cc1ccc2ccccc2c1-3.CCn1c2ccc3c(c2c2ccc4ccccc4c21)-c1cc2ccccc2cc1C3. The second-order valence-corrected chi connectivity index (χ2v) is 31.5. The molecule has 748 valence electrons. The first-order valence-electron chi connectivity index (χ1n) is 52.4. The molecule has 4 nitrogen and oxygen atoms in total. The number of hydrogen-bond donors (Lipinski definition) is 0. The summed E-state index contributed by atoms with van der Waals surface area (Å²) in [5.74, 6) is 0. The first-order chi connectivity index (χ1) is 67.4. The molecule has 4 heterocycles. The second kappa shape index (κ2) is 56.4. The van der Waals surface area contributed by atoms with Crippen molar-refractivity contribution in [3.63, 3.8) is 0 Å². The van der Waals surface area contributed by atoms with E-state index in [1.54, 1.807) is 0 Å². The second-order valence-electron chi connectivity index (χ2n) is 31.5. The van der Waals surface area contributed by atoms with E-state index in [9.17, 15) is 0 Å². The molecular formula is C138H176N4. The smallest absolute Gasteiger partial charge is 0.0571 e. The molecule has 0 saturated carbocycles. The van der Waals surface area contributed by atoms with Crippen molar-refractivity contribution in [3.8, 4) is 44.5 Å². The highest BCUT2D eigenvalue weighted by Gasteiger charge is 2.31. The standard InChI is InChI=1S/2C29H21N.2C25H19N.12C2H6.6CH4/c1-2-30-26-14-12-21-16-22-15-19-8-3-4-9-20(19)17-25(22)27(21)28(26)24-13-11-18-7-5-6-10-23(18)29(24)30;1-2-30-25-14-13-22-15-21-12-11-18-7-5-6-10-23(18)27(21)28(22)29(25)24-16-19-8-3-4-9-20(19)17-26(24)30;2*1-2-26-23-12-11-20-19-10-6-5-9-18(19)14-21(20)25(23)22-13-16-7-3-4-8-17(16)15-24(22)26;12*1-2;;;;;;/h3-15,17H,2,16H2,1H3;3-14,16-17H,2,15H2,1H3;2*3-13,15H,2,14H2,1H3;12*1-2H3;6*1H4. The Morgan fingerprint density at radius 2 is 0.451 bits per heavy atom. The molecule has 4 aromatic heterocycles. The molecule has 4 heteroatoms. The van der Waals surface area contributed by atoms with Crippen LogP contribution in [0, 0.1) is 0 Å². The molecule has 22 aromatic rings. The number of aromatic nitrogens is 4. The molecule has 0 unspecified atom stereocenters. The summed E-state index contributed by atoms with van der Waals surface area (Å²) in [6, 6.07) is 117. The van der Waals surface area contributed by atoms with E-state index in [4.69, 9.17) is 0 Å². The first kappa shape index (κ1) is 119. The minimum atomic E-state index is 0. The molecule has 0 amide bonds. The molecule has 0 bridgehead atoms. The number of hydrogen-bond acceptors (Lipinski definition) is 0. The molecule has 4 aliphatic rings. The maximum Gasteiger partial charge on any atom is 0.0571 e. The quantitative estimate of drug-likeness (QED) is 0.167. The Labute approximate surface area is 858 Å². The van der Waals surface area contributed by atoms with Crippen molar-refractivity contribution < 1.29 is 0 Å². The van der Waals surface area contributed by atoms with E-state index in [1.165, 1.54) is 241 Å². The normalized spacial score (nSPS) is 10.6. The van der Waals surface area contributed by atoms with Gasteiger partial charge in [0.2, 0.25) is 0 Å². The van der Waals surface area contributed by atoms with E-state index in [2.05, 4.69) is 361 Å². The van der Waals surface area contributed by atoms with Gasteiger partial charge in [0.05, 0.1) is 5.52 Å². The minimum Gasteiger partial charge on any atom is -0.341 e. The van der Waals surface area contributed by atoms with Crippen molar-refractivity contribution in [1.82, 2.24) is 18.3 Å². The Hall–Kier alpha value is -13.3. The summed E-state index contributed by atoms with van der Waals surface area (Å²) in [4.78, 5) is 0. The Morgan fingerprint density at radius 1 is 0.169 bits per heavy atom. The summed E-state index contributed by atoms with van der Waals surface area (Å²) in [5.41, 5.74) is 33.9. The minimum absolute atomic E-state index is 0. The van der Waals surface area contributed by atoms with Crippen LogP contribution in [0.25, 0.3) is 196 Å². The van der Waals surface area contributed by atoms with Crippen LogP contribution >= 0.6 is 0 Å². The van der Waals surface area contributed by atoms with E-state index in [-0.39, 0.29) is 44.6 Å². The lowest BCUT2D eigenvalue weighted by atomic mass is 9.94. The summed E-state index contributed by atoms with van der Waals surface area (Å²) in [6.45, 7) is 60.9. The zero-order chi connectivity index (χ0) is 98.1. The predicted molar refractivity (Wildman–Crippen MR) is 655 cm³/mol. The average Bonchev–Trinajstić information content (AvgIpc) is 1.55. The van der Waals surface area contributed by atoms with Crippen LogP contribution in [0.4, 0.5) is 0 Å². The van der Waals surface area contributed by atoms with E-state index in [0.717, 1.165) is 51.9 Å². The third-order valence-corrected chi connectivity index (χ3v) is 25.9. The zero-order valence-corrected chi connectivity index (χ0v) is 87.5. The molecule has 26 rings (SSSR count). The van der Waals surface area contributed by atoms with Crippen LogP contribution in [0.2, 0.25) is 0 Å². The third-order valence-electron chi connectivity index (χ3n) is 25.9. The number of rotatable bonds is 4. The van der Waals surface area contributed by atoms with E-state index < -0.39 is 0 Å². The first-order valence-corrected chi connectivity index (χ1v) is 52.4. The molecule has 0 spiro atoms. The van der Waals surface area contributed by atoms with Crippen molar-refractivity contribution in [2.45, 2.75) is 290 Å². The van der Waals surface area contributed by atoms with Gasteiger partial charge in [-0.1, -0.05) is 459 Å².